The second-order valence-corrected chi connectivity index (χ2v) is 3.16. The predicted octanol–water partition coefficient (Wildman–Crippen LogP) is -0.709. The number of hydroxylamine groups is 1. The van der Waals surface area contributed by atoms with Gasteiger partial charge in [0.2, 0.25) is 5.91 Å². The van der Waals surface area contributed by atoms with Crippen molar-refractivity contribution in [1.29, 1.82) is 0 Å². The molecule has 0 fully saturated rings. The lowest BCUT2D eigenvalue weighted by Gasteiger charge is -2.12. The first-order chi connectivity index (χ1) is 6.11. The molecule has 0 spiro atoms. The van der Waals surface area contributed by atoms with E-state index in [1.165, 1.54) is 0 Å². The second kappa shape index (κ2) is 6.82. The minimum atomic E-state index is -0.340. The van der Waals surface area contributed by atoms with E-state index in [0.29, 0.717) is 0 Å². The Morgan fingerprint density at radius 1 is 1.38 bits per heavy atom. The van der Waals surface area contributed by atoms with Crippen molar-refractivity contribution in [3.8, 4) is 0 Å². The maximum absolute atomic E-state index is 10.9. The molecule has 0 aromatic carbocycles. The van der Waals surface area contributed by atoms with Crippen molar-refractivity contribution in [1.82, 2.24) is 5.48 Å². The summed E-state index contributed by atoms with van der Waals surface area (Å²) in [5.74, 6) is -0.691. The van der Waals surface area contributed by atoms with E-state index in [1.807, 2.05) is 0 Å². The average molecular weight is 191 g/mol. The van der Waals surface area contributed by atoms with Crippen LogP contribution in [0.2, 0.25) is 0 Å². The number of amides is 1. The molecule has 0 radical (unpaired) electrons. The van der Waals surface area contributed by atoms with Gasteiger partial charge in [0, 0.05) is 11.8 Å². The number of rotatable bonds is 6. The summed E-state index contributed by atoms with van der Waals surface area (Å²) in [5.41, 5.74) is 2.22. The summed E-state index contributed by atoms with van der Waals surface area (Å²) in [5, 5.41) is 17.3. The molecule has 0 rings (SSSR count). The lowest BCUT2D eigenvalue weighted by Crippen LogP contribution is -2.31. The quantitative estimate of drug-likeness (QED) is 0.485. The monoisotopic (exact) mass is 191 g/mol. The van der Waals surface area contributed by atoms with Gasteiger partial charge in [-0.05, 0) is 0 Å². The molecule has 0 aromatic rings. The summed E-state index contributed by atoms with van der Waals surface area (Å²) in [6.45, 7) is 3.29. The minimum Gasteiger partial charge on any atom is -0.396 e. The van der Waals surface area contributed by atoms with E-state index < -0.39 is 0 Å². The topological polar surface area (TPSA) is 78.8 Å². The largest absolute Gasteiger partial charge is 0.396 e. The van der Waals surface area contributed by atoms with Gasteiger partial charge < -0.3 is 10.2 Å². The van der Waals surface area contributed by atoms with E-state index in [2.05, 4.69) is 5.48 Å². The van der Waals surface area contributed by atoms with Crippen LogP contribution in [0.15, 0.2) is 0 Å². The molecule has 1 amide bonds. The fraction of sp³-hybridized carbons (Fsp3) is 0.875. The predicted molar refractivity (Wildman–Crippen MR) is 46.6 cm³/mol. The van der Waals surface area contributed by atoms with E-state index >= 15 is 0 Å². The number of aliphatic hydroxyl groups is 2. The van der Waals surface area contributed by atoms with Crippen LogP contribution in [0.3, 0.4) is 0 Å². The molecule has 0 heterocycles. The SMILES string of the molecule is CC(C)C(=O)NOCC(CO)CO. The molecule has 13 heavy (non-hydrogen) atoms. The maximum Gasteiger partial charge on any atom is 0.246 e. The van der Waals surface area contributed by atoms with Gasteiger partial charge in [0.1, 0.15) is 0 Å². The van der Waals surface area contributed by atoms with Gasteiger partial charge in [-0.1, -0.05) is 13.8 Å². The number of nitrogens with one attached hydrogen (secondary N) is 1. The summed E-state index contributed by atoms with van der Waals surface area (Å²) in [4.78, 5) is 15.7. The Balaban J connectivity index is 3.49. The number of carbonyl (C=O) groups is 1. The Kier molecular flexibility index (Phi) is 6.48. The van der Waals surface area contributed by atoms with Crippen molar-refractivity contribution in [2.75, 3.05) is 19.8 Å². The fourth-order valence-electron chi connectivity index (χ4n) is 0.512. The van der Waals surface area contributed by atoms with Gasteiger partial charge in [0.15, 0.2) is 0 Å². The molecule has 78 valence electrons. The molecule has 0 bridgehead atoms. The van der Waals surface area contributed by atoms with Gasteiger partial charge in [-0.15, -0.1) is 0 Å². The Labute approximate surface area is 77.7 Å². The Bertz CT molecular complexity index is 145. The zero-order valence-corrected chi connectivity index (χ0v) is 7.99. The molecular weight excluding hydrogens is 174 g/mol. The van der Waals surface area contributed by atoms with Crippen LogP contribution in [-0.4, -0.2) is 35.9 Å². The smallest absolute Gasteiger partial charge is 0.246 e. The first-order valence-electron chi connectivity index (χ1n) is 4.25. The molecule has 0 saturated heterocycles. The molecule has 0 aromatic heterocycles. The third-order valence-electron chi connectivity index (χ3n) is 1.53. The van der Waals surface area contributed by atoms with E-state index in [9.17, 15) is 4.79 Å². The normalized spacial score (nSPS) is 10.9. The highest BCUT2D eigenvalue weighted by Crippen LogP contribution is 1.94. The van der Waals surface area contributed by atoms with Crippen molar-refractivity contribution < 1.29 is 19.8 Å². The standard InChI is InChI=1S/C8H17NO4/c1-6(2)8(12)9-13-5-7(3-10)4-11/h6-7,10-11H,3-5H2,1-2H3,(H,9,12). The van der Waals surface area contributed by atoms with Crippen LogP contribution in [0.5, 0.6) is 0 Å². The van der Waals surface area contributed by atoms with Crippen molar-refractivity contribution in [3.63, 3.8) is 0 Å². The molecule has 0 unspecified atom stereocenters. The van der Waals surface area contributed by atoms with Gasteiger partial charge in [-0.25, -0.2) is 5.48 Å². The fourth-order valence-corrected chi connectivity index (χ4v) is 0.512. The molecule has 0 saturated carbocycles. The highest BCUT2D eigenvalue weighted by Gasteiger charge is 2.09. The van der Waals surface area contributed by atoms with Crippen molar-refractivity contribution >= 4 is 5.91 Å². The summed E-state index contributed by atoms with van der Waals surface area (Å²) < 4.78 is 0. The number of carbonyl (C=O) groups excluding carboxylic acids is 1. The van der Waals surface area contributed by atoms with E-state index in [-0.39, 0.29) is 37.6 Å². The van der Waals surface area contributed by atoms with Crippen LogP contribution in [-0.2, 0) is 9.63 Å². The number of hydrogen-bond acceptors (Lipinski definition) is 4. The van der Waals surface area contributed by atoms with E-state index in [0.717, 1.165) is 0 Å². The number of aliphatic hydroxyl groups excluding tert-OH is 2. The summed E-state index contributed by atoms with van der Waals surface area (Å²) in [6, 6.07) is 0. The Morgan fingerprint density at radius 3 is 2.31 bits per heavy atom. The van der Waals surface area contributed by atoms with Crippen molar-refractivity contribution in [2.45, 2.75) is 13.8 Å². The van der Waals surface area contributed by atoms with Gasteiger partial charge in [0.25, 0.3) is 0 Å². The lowest BCUT2D eigenvalue weighted by molar-refractivity contribution is -0.138. The molecular formula is C8H17NO4. The van der Waals surface area contributed by atoms with Crippen molar-refractivity contribution in [3.05, 3.63) is 0 Å². The zero-order chi connectivity index (χ0) is 10.3. The molecule has 0 aliphatic heterocycles. The van der Waals surface area contributed by atoms with Gasteiger partial charge in [-0.2, -0.15) is 0 Å². The number of hydrogen-bond donors (Lipinski definition) is 3. The van der Waals surface area contributed by atoms with Crippen LogP contribution in [0.25, 0.3) is 0 Å². The molecule has 5 heteroatoms. The highest BCUT2D eigenvalue weighted by atomic mass is 16.7. The highest BCUT2D eigenvalue weighted by molar-refractivity contribution is 5.76. The summed E-state index contributed by atoms with van der Waals surface area (Å²) in [7, 11) is 0. The first kappa shape index (κ1) is 12.3. The Hall–Kier alpha value is -0.650. The van der Waals surface area contributed by atoms with Crippen LogP contribution in [0.4, 0.5) is 0 Å². The van der Waals surface area contributed by atoms with Gasteiger partial charge in [0.05, 0.1) is 19.8 Å². The lowest BCUT2D eigenvalue weighted by atomic mass is 10.2. The molecule has 0 atom stereocenters. The maximum atomic E-state index is 10.9. The molecule has 3 N–H and O–H groups in total. The Morgan fingerprint density at radius 2 is 1.92 bits per heavy atom. The van der Waals surface area contributed by atoms with Gasteiger partial charge >= 0.3 is 0 Å². The third kappa shape index (κ3) is 5.57. The third-order valence-corrected chi connectivity index (χ3v) is 1.53. The molecule has 0 aliphatic carbocycles. The molecule has 0 aliphatic rings. The average Bonchev–Trinajstić information content (AvgIpc) is 2.12. The zero-order valence-electron chi connectivity index (χ0n) is 7.99. The second-order valence-electron chi connectivity index (χ2n) is 3.16. The molecule has 5 nitrogen and oxygen atoms in total. The van der Waals surface area contributed by atoms with Crippen LogP contribution < -0.4 is 5.48 Å². The van der Waals surface area contributed by atoms with E-state index in [1.54, 1.807) is 13.8 Å². The summed E-state index contributed by atoms with van der Waals surface area (Å²) in [6.07, 6.45) is 0. The minimum absolute atomic E-state index is 0.117. The summed E-state index contributed by atoms with van der Waals surface area (Å²) >= 11 is 0. The van der Waals surface area contributed by atoms with Crippen molar-refractivity contribution in [2.24, 2.45) is 11.8 Å². The first-order valence-corrected chi connectivity index (χ1v) is 4.25. The van der Waals surface area contributed by atoms with Crippen LogP contribution in [0, 0.1) is 11.8 Å². The van der Waals surface area contributed by atoms with E-state index in [4.69, 9.17) is 15.1 Å². The van der Waals surface area contributed by atoms with Crippen LogP contribution in [0.1, 0.15) is 13.8 Å². The van der Waals surface area contributed by atoms with Gasteiger partial charge in [-0.3, -0.25) is 9.63 Å². The van der Waals surface area contributed by atoms with Crippen LogP contribution >= 0.6 is 0 Å².